The van der Waals surface area contributed by atoms with Gasteiger partial charge in [0.15, 0.2) is 0 Å². The molecule has 0 saturated carbocycles. The Labute approximate surface area is 188 Å². The fraction of sp³-hybridized carbons (Fsp3) is 0. The summed E-state index contributed by atoms with van der Waals surface area (Å²) >= 11 is 3.24. The van der Waals surface area contributed by atoms with Gasteiger partial charge in [0.05, 0.1) is 20.5 Å². The molecule has 6 nitrogen and oxygen atoms in total. The minimum atomic E-state index is -0.190. The topological polar surface area (TPSA) is 91.5 Å². The number of hydrogen-bond acceptors (Lipinski definition) is 6. The van der Waals surface area contributed by atoms with Crippen LogP contribution in [0.2, 0.25) is 0 Å². The SMILES string of the molecule is O=c1[nH]nc(-c2ccc(-c3ccc(-c4n[nH]c(=O)c5ccccc45)s3)s2)c2ccccc12. The number of nitrogens with one attached hydrogen (secondary N) is 2. The van der Waals surface area contributed by atoms with Crippen LogP contribution in [0, 0.1) is 0 Å². The molecule has 4 aromatic heterocycles. The average molecular weight is 455 g/mol. The molecule has 32 heavy (non-hydrogen) atoms. The Balaban J connectivity index is 1.42. The van der Waals surface area contributed by atoms with Crippen molar-refractivity contribution in [1.29, 1.82) is 0 Å². The molecule has 2 N–H and O–H groups in total. The van der Waals surface area contributed by atoms with E-state index in [1.54, 1.807) is 34.8 Å². The number of benzene rings is 2. The maximum atomic E-state index is 12.1. The summed E-state index contributed by atoms with van der Waals surface area (Å²) in [6.45, 7) is 0. The van der Waals surface area contributed by atoms with Crippen LogP contribution in [-0.4, -0.2) is 20.4 Å². The van der Waals surface area contributed by atoms with E-state index in [1.807, 2.05) is 48.5 Å². The minimum absolute atomic E-state index is 0.190. The summed E-state index contributed by atoms with van der Waals surface area (Å²) in [6.07, 6.45) is 0. The lowest BCUT2D eigenvalue weighted by molar-refractivity contribution is 1.02. The molecule has 0 spiro atoms. The molecule has 0 amide bonds. The highest BCUT2D eigenvalue weighted by Crippen LogP contribution is 2.41. The van der Waals surface area contributed by atoms with Gasteiger partial charge in [-0.1, -0.05) is 36.4 Å². The minimum Gasteiger partial charge on any atom is -0.267 e. The average Bonchev–Trinajstić information content (AvgIpc) is 3.50. The van der Waals surface area contributed by atoms with E-state index in [9.17, 15) is 9.59 Å². The largest absolute Gasteiger partial charge is 0.272 e. The Hall–Kier alpha value is -3.88. The molecule has 154 valence electrons. The zero-order chi connectivity index (χ0) is 21.7. The van der Waals surface area contributed by atoms with Crippen molar-refractivity contribution in [2.75, 3.05) is 0 Å². The number of fused-ring (bicyclic) bond motifs is 2. The lowest BCUT2D eigenvalue weighted by Gasteiger charge is -2.02. The molecule has 0 aliphatic rings. The summed E-state index contributed by atoms with van der Waals surface area (Å²) in [4.78, 5) is 28.4. The molecule has 6 aromatic rings. The van der Waals surface area contributed by atoms with Crippen LogP contribution in [0.4, 0.5) is 0 Å². The van der Waals surface area contributed by atoms with Crippen LogP contribution in [-0.2, 0) is 0 Å². The summed E-state index contributed by atoms with van der Waals surface area (Å²) in [5.74, 6) is 0. The van der Waals surface area contributed by atoms with E-state index >= 15 is 0 Å². The molecule has 8 heteroatoms. The summed E-state index contributed by atoms with van der Waals surface area (Å²) < 4.78 is 0. The van der Waals surface area contributed by atoms with Gasteiger partial charge in [0.2, 0.25) is 0 Å². The van der Waals surface area contributed by atoms with Crippen molar-refractivity contribution in [3.63, 3.8) is 0 Å². The lowest BCUT2D eigenvalue weighted by Crippen LogP contribution is -2.08. The van der Waals surface area contributed by atoms with Crippen LogP contribution >= 0.6 is 22.7 Å². The van der Waals surface area contributed by atoms with Gasteiger partial charge in [0.1, 0.15) is 11.4 Å². The fourth-order valence-corrected chi connectivity index (χ4v) is 5.91. The highest BCUT2D eigenvalue weighted by Gasteiger charge is 2.15. The van der Waals surface area contributed by atoms with Crippen LogP contribution in [0.3, 0.4) is 0 Å². The molecule has 0 atom stereocenters. The number of hydrogen-bond donors (Lipinski definition) is 2. The first-order valence-corrected chi connectivity index (χ1v) is 11.5. The van der Waals surface area contributed by atoms with Gasteiger partial charge >= 0.3 is 0 Å². The zero-order valence-electron chi connectivity index (χ0n) is 16.5. The van der Waals surface area contributed by atoms with Gasteiger partial charge in [-0.2, -0.15) is 10.2 Å². The molecule has 6 rings (SSSR count). The van der Waals surface area contributed by atoms with E-state index in [0.717, 1.165) is 41.7 Å². The number of thiophene rings is 2. The molecule has 0 bridgehead atoms. The molecule has 0 aliphatic heterocycles. The number of H-pyrrole nitrogens is 2. The third-order valence-corrected chi connectivity index (χ3v) is 7.69. The smallest absolute Gasteiger partial charge is 0.267 e. The van der Waals surface area contributed by atoms with Gasteiger partial charge < -0.3 is 0 Å². The molecule has 2 aromatic carbocycles. The predicted octanol–water partition coefficient (Wildman–Crippen LogP) is 5.28. The third-order valence-electron chi connectivity index (χ3n) is 5.31. The van der Waals surface area contributed by atoms with Gasteiger partial charge in [0.25, 0.3) is 11.1 Å². The maximum Gasteiger partial charge on any atom is 0.272 e. The molecule has 0 fully saturated rings. The summed E-state index contributed by atoms with van der Waals surface area (Å²) in [5.41, 5.74) is 1.15. The van der Waals surface area contributed by atoms with Gasteiger partial charge in [-0.3, -0.25) is 9.59 Å². The molecule has 0 unspecified atom stereocenters. The fourth-order valence-electron chi connectivity index (χ4n) is 3.80. The van der Waals surface area contributed by atoms with Crippen molar-refractivity contribution in [2.24, 2.45) is 0 Å². The van der Waals surface area contributed by atoms with E-state index in [4.69, 9.17) is 0 Å². The molecule has 4 heterocycles. The van der Waals surface area contributed by atoms with E-state index < -0.39 is 0 Å². The predicted molar refractivity (Wildman–Crippen MR) is 130 cm³/mol. The van der Waals surface area contributed by atoms with Crippen LogP contribution in [0.1, 0.15) is 0 Å². The number of aromatic nitrogens is 4. The number of aromatic amines is 2. The van der Waals surface area contributed by atoms with Crippen LogP contribution < -0.4 is 11.1 Å². The van der Waals surface area contributed by atoms with Crippen LogP contribution in [0.5, 0.6) is 0 Å². The quantitative estimate of drug-likeness (QED) is 0.380. The van der Waals surface area contributed by atoms with Crippen LogP contribution in [0.15, 0.2) is 82.4 Å². The molecule has 0 radical (unpaired) electrons. The maximum absolute atomic E-state index is 12.1. The number of nitrogens with zero attached hydrogens (tertiary/aromatic N) is 2. The summed E-state index contributed by atoms with van der Waals surface area (Å²) in [7, 11) is 0. The molecule has 0 aliphatic carbocycles. The van der Waals surface area contributed by atoms with Crippen LogP contribution in [0.25, 0.3) is 52.4 Å². The summed E-state index contributed by atoms with van der Waals surface area (Å²) in [5, 5.41) is 16.8. The first-order valence-electron chi connectivity index (χ1n) is 9.85. The first kappa shape index (κ1) is 18.9. The van der Waals surface area contributed by atoms with Gasteiger partial charge in [-0.25, -0.2) is 10.2 Å². The summed E-state index contributed by atoms with van der Waals surface area (Å²) in [6, 6.07) is 23.2. The highest BCUT2D eigenvalue weighted by molar-refractivity contribution is 7.25. The normalized spacial score (nSPS) is 11.4. The second-order valence-corrected chi connectivity index (χ2v) is 9.39. The Morgan fingerprint density at radius 3 is 1.31 bits per heavy atom. The first-order chi connectivity index (χ1) is 15.7. The van der Waals surface area contributed by atoms with Crippen molar-refractivity contribution in [3.05, 3.63) is 93.5 Å². The Bertz CT molecular complexity index is 1610. The van der Waals surface area contributed by atoms with Crippen molar-refractivity contribution < 1.29 is 0 Å². The van der Waals surface area contributed by atoms with Crippen molar-refractivity contribution in [1.82, 2.24) is 20.4 Å². The second-order valence-electron chi connectivity index (χ2n) is 7.22. The van der Waals surface area contributed by atoms with E-state index in [1.165, 1.54) is 0 Å². The monoisotopic (exact) mass is 454 g/mol. The second kappa shape index (κ2) is 7.37. The third kappa shape index (κ3) is 3.00. The molecule has 0 saturated heterocycles. The Kier molecular flexibility index (Phi) is 4.34. The molecular formula is C24H14N4O2S2. The van der Waals surface area contributed by atoms with Crippen molar-refractivity contribution in [3.8, 4) is 30.9 Å². The zero-order valence-corrected chi connectivity index (χ0v) is 18.1. The van der Waals surface area contributed by atoms with Gasteiger partial charge in [-0.15, -0.1) is 22.7 Å². The van der Waals surface area contributed by atoms with Gasteiger partial charge in [-0.05, 0) is 36.4 Å². The van der Waals surface area contributed by atoms with E-state index in [2.05, 4.69) is 32.5 Å². The lowest BCUT2D eigenvalue weighted by atomic mass is 10.1. The standard InChI is InChI=1S/C24H14N4O2S2/c29-23-15-7-3-1-5-13(15)21(25-27-23)19-11-9-17(31-19)18-10-12-20(32-18)22-14-6-2-4-8-16(14)24(30)28-26-22/h1-12H,(H,27,29)(H,28,30). The Morgan fingerprint density at radius 2 is 0.875 bits per heavy atom. The number of rotatable bonds is 3. The van der Waals surface area contributed by atoms with Crippen molar-refractivity contribution >= 4 is 44.2 Å². The van der Waals surface area contributed by atoms with Gasteiger partial charge in [0, 0.05) is 20.5 Å². The van der Waals surface area contributed by atoms with E-state index in [0.29, 0.717) is 10.8 Å². The Morgan fingerprint density at radius 1 is 0.500 bits per heavy atom. The molecular weight excluding hydrogens is 440 g/mol. The van der Waals surface area contributed by atoms with Crippen molar-refractivity contribution in [2.45, 2.75) is 0 Å². The highest BCUT2D eigenvalue weighted by atomic mass is 32.1. The van der Waals surface area contributed by atoms with E-state index in [-0.39, 0.29) is 11.1 Å².